The van der Waals surface area contributed by atoms with Crippen molar-refractivity contribution in [2.75, 3.05) is 27.7 Å². The average molecular weight is 248 g/mol. The fourth-order valence-corrected chi connectivity index (χ4v) is 2.50. The Hall–Kier alpha value is -1.06. The highest BCUT2D eigenvalue weighted by molar-refractivity contribution is 5.33. The molecule has 0 amide bonds. The minimum atomic E-state index is 0.629. The third kappa shape index (κ3) is 3.47. The molecule has 100 valence electrons. The predicted molar refractivity (Wildman–Crippen MR) is 74.9 cm³/mol. The molecular formula is C15H24N2O. The van der Waals surface area contributed by atoms with Crippen LogP contribution in [0, 0.1) is 5.92 Å². The van der Waals surface area contributed by atoms with Gasteiger partial charge in [-0.1, -0.05) is 18.2 Å². The van der Waals surface area contributed by atoms with Crippen LogP contribution in [-0.4, -0.2) is 38.7 Å². The van der Waals surface area contributed by atoms with E-state index >= 15 is 0 Å². The largest absolute Gasteiger partial charge is 0.496 e. The highest BCUT2D eigenvalue weighted by Crippen LogP contribution is 2.33. The maximum absolute atomic E-state index is 5.40. The molecule has 0 aliphatic heterocycles. The van der Waals surface area contributed by atoms with Crippen molar-refractivity contribution in [2.45, 2.75) is 25.4 Å². The van der Waals surface area contributed by atoms with E-state index in [1.807, 2.05) is 12.1 Å². The van der Waals surface area contributed by atoms with Crippen molar-refractivity contribution in [1.82, 2.24) is 10.2 Å². The van der Waals surface area contributed by atoms with Crippen molar-refractivity contribution in [3.05, 3.63) is 29.8 Å². The number of ether oxygens (including phenoxy) is 1. The number of para-hydroxylation sites is 1. The molecule has 0 radical (unpaired) electrons. The van der Waals surface area contributed by atoms with Crippen molar-refractivity contribution in [1.29, 1.82) is 0 Å². The number of nitrogens with zero attached hydrogens (tertiary/aromatic N) is 1. The fraction of sp³-hybridized carbons (Fsp3) is 0.600. The van der Waals surface area contributed by atoms with E-state index in [9.17, 15) is 0 Å². The van der Waals surface area contributed by atoms with Crippen LogP contribution >= 0.6 is 0 Å². The molecule has 0 spiro atoms. The molecule has 1 unspecified atom stereocenters. The van der Waals surface area contributed by atoms with Crippen LogP contribution in [0.4, 0.5) is 0 Å². The summed E-state index contributed by atoms with van der Waals surface area (Å²) in [7, 11) is 5.98. The van der Waals surface area contributed by atoms with Gasteiger partial charge in [0.1, 0.15) is 5.75 Å². The molecule has 18 heavy (non-hydrogen) atoms. The molecule has 0 aromatic heterocycles. The second kappa shape index (κ2) is 6.21. The SMILES string of the molecule is CNC(CN(C)Cc1ccccc1OC)C1CC1. The standard InChI is InChI=1S/C15H24N2O/c1-16-14(12-8-9-12)11-17(2)10-13-6-4-5-7-15(13)18-3/h4-7,12,14,16H,8-11H2,1-3H3. The van der Waals surface area contributed by atoms with Crippen molar-refractivity contribution < 1.29 is 4.74 Å². The first-order valence-electron chi connectivity index (χ1n) is 6.72. The first-order chi connectivity index (χ1) is 8.74. The lowest BCUT2D eigenvalue weighted by molar-refractivity contribution is 0.270. The number of benzene rings is 1. The first kappa shape index (κ1) is 13.4. The van der Waals surface area contributed by atoms with Crippen LogP contribution in [0.3, 0.4) is 0 Å². The Morgan fingerprint density at radius 1 is 1.39 bits per heavy atom. The number of rotatable bonds is 7. The predicted octanol–water partition coefficient (Wildman–Crippen LogP) is 2.12. The van der Waals surface area contributed by atoms with Gasteiger partial charge < -0.3 is 15.0 Å². The Bertz CT molecular complexity index is 377. The molecule has 2 rings (SSSR count). The molecule has 1 aliphatic carbocycles. The van der Waals surface area contributed by atoms with Gasteiger partial charge in [-0.3, -0.25) is 0 Å². The van der Waals surface area contributed by atoms with Crippen LogP contribution in [-0.2, 0) is 6.54 Å². The van der Waals surface area contributed by atoms with Crippen LogP contribution in [0.1, 0.15) is 18.4 Å². The Kier molecular flexibility index (Phi) is 4.61. The monoisotopic (exact) mass is 248 g/mol. The number of hydrogen-bond acceptors (Lipinski definition) is 3. The Morgan fingerprint density at radius 3 is 2.72 bits per heavy atom. The molecule has 1 aliphatic rings. The lowest BCUT2D eigenvalue weighted by Crippen LogP contribution is -2.38. The summed E-state index contributed by atoms with van der Waals surface area (Å²) in [5.41, 5.74) is 1.26. The Labute approximate surface area is 110 Å². The summed E-state index contributed by atoms with van der Waals surface area (Å²) in [5.74, 6) is 1.87. The molecule has 0 saturated heterocycles. The van der Waals surface area contributed by atoms with E-state index < -0.39 is 0 Å². The summed E-state index contributed by atoms with van der Waals surface area (Å²) in [5, 5.41) is 3.44. The number of nitrogens with one attached hydrogen (secondary N) is 1. The highest BCUT2D eigenvalue weighted by Gasteiger charge is 2.30. The lowest BCUT2D eigenvalue weighted by atomic mass is 10.1. The molecule has 3 nitrogen and oxygen atoms in total. The molecule has 3 heteroatoms. The third-order valence-electron chi connectivity index (χ3n) is 3.70. The first-order valence-corrected chi connectivity index (χ1v) is 6.72. The molecule has 1 N–H and O–H groups in total. The van der Waals surface area contributed by atoms with Crippen LogP contribution in [0.5, 0.6) is 5.75 Å². The van der Waals surface area contributed by atoms with Gasteiger partial charge in [0, 0.05) is 24.7 Å². The van der Waals surface area contributed by atoms with E-state index in [1.165, 1.54) is 18.4 Å². The van der Waals surface area contributed by atoms with E-state index in [2.05, 4.69) is 36.4 Å². The molecule has 0 heterocycles. The van der Waals surface area contributed by atoms with Gasteiger partial charge in [0.05, 0.1) is 7.11 Å². The van der Waals surface area contributed by atoms with Gasteiger partial charge in [-0.2, -0.15) is 0 Å². The van der Waals surface area contributed by atoms with Gasteiger partial charge >= 0.3 is 0 Å². The maximum atomic E-state index is 5.40. The van der Waals surface area contributed by atoms with Gasteiger partial charge in [-0.05, 0) is 38.9 Å². The fourth-order valence-electron chi connectivity index (χ4n) is 2.50. The topological polar surface area (TPSA) is 24.5 Å². The third-order valence-corrected chi connectivity index (χ3v) is 3.70. The van der Waals surface area contributed by atoms with E-state index in [4.69, 9.17) is 4.74 Å². The smallest absolute Gasteiger partial charge is 0.123 e. The minimum absolute atomic E-state index is 0.629. The molecule has 1 aromatic carbocycles. The van der Waals surface area contributed by atoms with E-state index in [1.54, 1.807) is 7.11 Å². The van der Waals surface area contributed by atoms with Gasteiger partial charge in [-0.15, -0.1) is 0 Å². The zero-order valence-corrected chi connectivity index (χ0v) is 11.6. The van der Waals surface area contributed by atoms with Crippen LogP contribution in [0.2, 0.25) is 0 Å². The maximum Gasteiger partial charge on any atom is 0.123 e. The molecule has 0 bridgehead atoms. The van der Waals surface area contributed by atoms with Gasteiger partial charge in [0.15, 0.2) is 0 Å². The summed E-state index contributed by atoms with van der Waals surface area (Å²) in [6.45, 7) is 2.04. The van der Waals surface area contributed by atoms with Crippen molar-refractivity contribution in [3.8, 4) is 5.75 Å². The second-order valence-corrected chi connectivity index (χ2v) is 5.24. The van der Waals surface area contributed by atoms with Crippen LogP contribution in [0.25, 0.3) is 0 Å². The summed E-state index contributed by atoms with van der Waals surface area (Å²) < 4.78 is 5.40. The molecule has 1 atom stereocenters. The summed E-state index contributed by atoms with van der Waals surface area (Å²) in [6, 6.07) is 8.88. The quantitative estimate of drug-likeness (QED) is 0.800. The number of methoxy groups -OCH3 is 1. The molecule has 1 saturated carbocycles. The van der Waals surface area contributed by atoms with Gasteiger partial charge in [0.2, 0.25) is 0 Å². The zero-order valence-electron chi connectivity index (χ0n) is 11.6. The minimum Gasteiger partial charge on any atom is -0.496 e. The van der Waals surface area contributed by atoms with E-state index in [0.717, 1.165) is 24.8 Å². The summed E-state index contributed by atoms with van der Waals surface area (Å²) in [6.07, 6.45) is 2.77. The zero-order chi connectivity index (χ0) is 13.0. The van der Waals surface area contributed by atoms with Crippen LogP contribution < -0.4 is 10.1 Å². The number of hydrogen-bond donors (Lipinski definition) is 1. The highest BCUT2D eigenvalue weighted by atomic mass is 16.5. The average Bonchev–Trinajstić information content (AvgIpc) is 3.21. The van der Waals surface area contributed by atoms with Gasteiger partial charge in [0.25, 0.3) is 0 Å². The number of likely N-dealkylation sites (N-methyl/N-ethyl adjacent to an activating group) is 2. The Balaban J connectivity index is 1.91. The lowest BCUT2D eigenvalue weighted by Gasteiger charge is -2.24. The van der Waals surface area contributed by atoms with E-state index in [0.29, 0.717) is 6.04 Å². The summed E-state index contributed by atoms with van der Waals surface area (Å²) in [4.78, 5) is 2.37. The van der Waals surface area contributed by atoms with Crippen molar-refractivity contribution in [3.63, 3.8) is 0 Å². The normalized spacial score (nSPS) is 16.9. The van der Waals surface area contributed by atoms with Crippen molar-refractivity contribution in [2.24, 2.45) is 5.92 Å². The summed E-state index contributed by atoms with van der Waals surface area (Å²) >= 11 is 0. The van der Waals surface area contributed by atoms with Crippen molar-refractivity contribution >= 4 is 0 Å². The second-order valence-electron chi connectivity index (χ2n) is 5.24. The van der Waals surface area contributed by atoms with Crippen LogP contribution in [0.15, 0.2) is 24.3 Å². The molecule has 1 fully saturated rings. The van der Waals surface area contributed by atoms with E-state index in [-0.39, 0.29) is 0 Å². The van der Waals surface area contributed by atoms with Gasteiger partial charge in [-0.25, -0.2) is 0 Å². The molecular weight excluding hydrogens is 224 g/mol. The Morgan fingerprint density at radius 2 is 2.11 bits per heavy atom. The molecule has 1 aromatic rings.